The van der Waals surface area contributed by atoms with E-state index in [9.17, 15) is 4.79 Å². The molecule has 0 saturated carbocycles. The molecule has 0 fully saturated rings. The number of nitrogen functional groups attached to an aromatic ring is 1. The Kier molecular flexibility index (Phi) is 3.08. The molecule has 0 spiro atoms. The van der Waals surface area contributed by atoms with Crippen molar-refractivity contribution in [3.05, 3.63) is 17.8 Å². The minimum Gasteiger partial charge on any atom is -0.384 e. The normalized spacial score (nSPS) is 10.5. The number of carbonyl (C=O) groups excluding carboxylic acids is 1. The van der Waals surface area contributed by atoms with Crippen molar-refractivity contribution in [1.82, 2.24) is 15.5 Å². The molecule has 5 heteroatoms. The summed E-state index contributed by atoms with van der Waals surface area (Å²) in [7, 11) is 0. The summed E-state index contributed by atoms with van der Waals surface area (Å²) in [6.07, 6.45) is 5.23. The molecule has 1 aromatic heterocycles. The van der Waals surface area contributed by atoms with Crippen molar-refractivity contribution < 1.29 is 4.79 Å². The number of rotatable bonds is 3. The molecule has 1 rings (SSSR count). The zero-order valence-electron chi connectivity index (χ0n) is 7.37. The van der Waals surface area contributed by atoms with Crippen LogP contribution in [0.2, 0.25) is 0 Å². The van der Waals surface area contributed by atoms with Gasteiger partial charge in [-0.25, -0.2) is 0 Å². The maximum atomic E-state index is 10.5. The summed E-state index contributed by atoms with van der Waals surface area (Å²) in [6, 6.07) is 0. The fourth-order valence-electron chi connectivity index (χ4n) is 0.827. The topological polar surface area (TPSA) is 83.8 Å². The van der Waals surface area contributed by atoms with Gasteiger partial charge in [0.15, 0.2) is 0 Å². The monoisotopic (exact) mass is 180 g/mol. The molecule has 70 valence electrons. The predicted molar refractivity (Wildman–Crippen MR) is 50.7 cm³/mol. The molecule has 0 aliphatic heterocycles. The number of nitrogens with one attached hydrogen (secondary N) is 2. The highest BCUT2D eigenvalue weighted by molar-refractivity contribution is 5.73. The standard InChI is InChI=1S/C8H12N4O/c1-6(13)10-4-2-3-7-5-11-12-8(7)9/h2-3,5H,4H2,1H3,(H,10,13)(H3,9,11,12). The minimum absolute atomic E-state index is 0.0511. The van der Waals surface area contributed by atoms with E-state index >= 15 is 0 Å². The van der Waals surface area contributed by atoms with E-state index in [2.05, 4.69) is 15.5 Å². The van der Waals surface area contributed by atoms with E-state index in [1.807, 2.05) is 6.08 Å². The van der Waals surface area contributed by atoms with Crippen LogP contribution in [0.1, 0.15) is 12.5 Å². The summed E-state index contributed by atoms with van der Waals surface area (Å²) in [5.41, 5.74) is 6.35. The molecule has 0 aliphatic carbocycles. The van der Waals surface area contributed by atoms with Crippen LogP contribution in [0, 0.1) is 0 Å². The van der Waals surface area contributed by atoms with E-state index in [0.29, 0.717) is 12.4 Å². The number of aromatic nitrogens is 2. The van der Waals surface area contributed by atoms with Crippen LogP contribution < -0.4 is 11.1 Å². The molecule has 13 heavy (non-hydrogen) atoms. The number of hydrogen-bond donors (Lipinski definition) is 3. The minimum atomic E-state index is -0.0511. The summed E-state index contributed by atoms with van der Waals surface area (Å²) in [4.78, 5) is 10.5. The number of nitrogens with zero attached hydrogens (tertiary/aromatic N) is 1. The van der Waals surface area contributed by atoms with Crippen LogP contribution in [0.3, 0.4) is 0 Å². The fraction of sp³-hybridized carbons (Fsp3) is 0.250. The van der Waals surface area contributed by atoms with Gasteiger partial charge in [0.2, 0.25) is 5.91 Å². The summed E-state index contributed by atoms with van der Waals surface area (Å²) < 4.78 is 0. The van der Waals surface area contributed by atoms with Gasteiger partial charge in [-0.2, -0.15) is 5.10 Å². The van der Waals surface area contributed by atoms with E-state index in [0.717, 1.165) is 5.56 Å². The number of anilines is 1. The van der Waals surface area contributed by atoms with Crippen LogP contribution in [0.15, 0.2) is 12.3 Å². The molecule has 4 N–H and O–H groups in total. The second-order valence-corrected chi connectivity index (χ2v) is 2.58. The quantitative estimate of drug-likeness (QED) is 0.618. The molecule has 1 aromatic rings. The zero-order valence-corrected chi connectivity index (χ0v) is 7.37. The molecule has 0 bridgehead atoms. The van der Waals surface area contributed by atoms with E-state index < -0.39 is 0 Å². The van der Waals surface area contributed by atoms with E-state index in [1.165, 1.54) is 6.92 Å². The summed E-state index contributed by atoms with van der Waals surface area (Å²) >= 11 is 0. The third-order valence-corrected chi connectivity index (χ3v) is 1.47. The average Bonchev–Trinajstić information content (AvgIpc) is 2.45. The Labute approximate surface area is 76.0 Å². The first-order chi connectivity index (χ1) is 6.20. The highest BCUT2D eigenvalue weighted by atomic mass is 16.1. The number of H-pyrrole nitrogens is 1. The smallest absolute Gasteiger partial charge is 0.217 e. The van der Waals surface area contributed by atoms with Crippen molar-refractivity contribution in [3.8, 4) is 0 Å². The highest BCUT2D eigenvalue weighted by Crippen LogP contribution is 2.06. The second-order valence-electron chi connectivity index (χ2n) is 2.58. The Morgan fingerprint density at radius 1 is 1.85 bits per heavy atom. The van der Waals surface area contributed by atoms with Gasteiger partial charge in [-0.1, -0.05) is 12.2 Å². The van der Waals surface area contributed by atoms with Gasteiger partial charge < -0.3 is 11.1 Å². The van der Waals surface area contributed by atoms with Crippen LogP contribution >= 0.6 is 0 Å². The molecule has 1 amide bonds. The van der Waals surface area contributed by atoms with Gasteiger partial charge in [0, 0.05) is 19.0 Å². The second kappa shape index (κ2) is 4.30. The van der Waals surface area contributed by atoms with Crippen molar-refractivity contribution in [1.29, 1.82) is 0 Å². The Balaban J connectivity index is 2.41. The molecule has 0 aliphatic rings. The molecule has 1 heterocycles. The predicted octanol–water partition coefficient (Wildman–Crippen LogP) is 0.141. The van der Waals surface area contributed by atoms with Gasteiger partial charge in [-0.15, -0.1) is 0 Å². The molecule has 5 nitrogen and oxygen atoms in total. The van der Waals surface area contributed by atoms with Crippen molar-refractivity contribution in [3.63, 3.8) is 0 Å². The lowest BCUT2D eigenvalue weighted by atomic mass is 10.3. The number of amides is 1. The molecule has 0 radical (unpaired) electrons. The Morgan fingerprint density at radius 2 is 2.62 bits per heavy atom. The molecular weight excluding hydrogens is 168 g/mol. The number of hydrogen-bond acceptors (Lipinski definition) is 3. The number of nitrogens with two attached hydrogens (primary N) is 1. The number of aromatic amines is 1. The zero-order chi connectivity index (χ0) is 9.68. The lowest BCUT2D eigenvalue weighted by Crippen LogP contribution is -2.19. The summed E-state index contributed by atoms with van der Waals surface area (Å²) in [5.74, 6) is 0.476. The SMILES string of the molecule is CC(=O)NCC=Cc1cn[nH]c1N. The largest absolute Gasteiger partial charge is 0.384 e. The van der Waals surface area contributed by atoms with Crippen LogP contribution in [0.4, 0.5) is 5.82 Å². The van der Waals surface area contributed by atoms with Crippen LogP contribution in [0.25, 0.3) is 6.08 Å². The fourth-order valence-corrected chi connectivity index (χ4v) is 0.827. The Bertz CT molecular complexity index is 316. The maximum absolute atomic E-state index is 10.5. The van der Waals surface area contributed by atoms with E-state index in [1.54, 1.807) is 12.3 Å². The first-order valence-corrected chi connectivity index (χ1v) is 3.90. The Hall–Kier alpha value is -1.78. The van der Waals surface area contributed by atoms with Gasteiger partial charge in [0.1, 0.15) is 5.82 Å². The lowest BCUT2D eigenvalue weighted by molar-refractivity contribution is -0.118. The van der Waals surface area contributed by atoms with E-state index in [-0.39, 0.29) is 5.91 Å². The summed E-state index contributed by atoms with van der Waals surface area (Å²) in [5, 5.41) is 8.98. The maximum Gasteiger partial charge on any atom is 0.217 e. The Morgan fingerprint density at radius 3 is 3.15 bits per heavy atom. The van der Waals surface area contributed by atoms with Gasteiger partial charge in [0.05, 0.1) is 6.20 Å². The number of carbonyl (C=O) groups is 1. The molecule has 0 aromatic carbocycles. The van der Waals surface area contributed by atoms with Crippen LogP contribution in [-0.4, -0.2) is 22.6 Å². The van der Waals surface area contributed by atoms with Crippen LogP contribution in [0.5, 0.6) is 0 Å². The van der Waals surface area contributed by atoms with Gasteiger partial charge in [-0.05, 0) is 0 Å². The third-order valence-electron chi connectivity index (χ3n) is 1.47. The van der Waals surface area contributed by atoms with Gasteiger partial charge in [-0.3, -0.25) is 9.89 Å². The lowest BCUT2D eigenvalue weighted by Gasteiger charge is -1.93. The van der Waals surface area contributed by atoms with Crippen LogP contribution in [-0.2, 0) is 4.79 Å². The van der Waals surface area contributed by atoms with Crippen molar-refractivity contribution in [2.24, 2.45) is 0 Å². The average molecular weight is 180 g/mol. The van der Waals surface area contributed by atoms with Crippen molar-refractivity contribution >= 4 is 17.8 Å². The molecular formula is C8H12N4O. The first-order valence-electron chi connectivity index (χ1n) is 3.90. The third kappa shape index (κ3) is 2.98. The van der Waals surface area contributed by atoms with E-state index in [4.69, 9.17) is 5.73 Å². The molecule has 0 atom stereocenters. The summed E-state index contributed by atoms with van der Waals surface area (Å²) in [6.45, 7) is 1.97. The highest BCUT2D eigenvalue weighted by Gasteiger charge is 1.94. The van der Waals surface area contributed by atoms with Gasteiger partial charge >= 0.3 is 0 Å². The van der Waals surface area contributed by atoms with Crippen molar-refractivity contribution in [2.45, 2.75) is 6.92 Å². The first kappa shape index (κ1) is 9.31. The molecule has 0 unspecified atom stereocenters. The molecule has 0 saturated heterocycles. The van der Waals surface area contributed by atoms with Gasteiger partial charge in [0.25, 0.3) is 0 Å². The van der Waals surface area contributed by atoms with Crippen molar-refractivity contribution in [2.75, 3.05) is 12.3 Å².